The Kier molecular flexibility index (Phi) is 6.50. The average molecular weight is 358 g/mol. The molecule has 0 unspecified atom stereocenters. The highest BCUT2D eigenvalue weighted by atomic mass is 32.2. The van der Waals surface area contributed by atoms with E-state index in [1.807, 2.05) is 62.4 Å². The van der Waals surface area contributed by atoms with E-state index in [1.165, 1.54) is 6.08 Å². The first kappa shape index (κ1) is 18.9. The third-order valence-corrected chi connectivity index (χ3v) is 4.65. The van der Waals surface area contributed by atoms with Gasteiger partial charge >= 0.3 is 0 Å². The average Bonchev–Trinajstić information content (AvgIpc) is 2.56. The lowest BCUT2D eigenvalue weighted by Gasteiger charge is -2.09. The number of carbonyl (C=O) groups is 1. The van der Waals surface area contributed by atoms with Crippen molar-refractivity contribution in [3.8, 4) is 0 Å². The molecule has 5 nitrogen and oxygen atoms in total. The molecule has 0 aromatic heterocycles. The molecule has 0 saturated heterocycles. The lowest BCUT2D eigenvalue weighted by Crippen LogP contribution is -2.26. The fraction of sp³-hybridized carbons (Fsp3) is 0.211. The van der Waals surface area contributed by atoms with Crippen LogP contribution in [0.25, 0.3) is 6.08 Å². The Morgan fingerprint density at radius 3 is 2.48 bits per heavy atom. The molecule has 2 N–H and O–H groups in total. The van der Waals surface area contributed by atoms with Crippen molar-refractivity contribution in [2.75, 3.05) is 11.9 Å². The van der Waals surface area contributed by atoms with E-state index in [9.17, 15) is 13.2 Å². The smallest absolute Gasteiger partial charge is 0.233 e. The number of hydrogen-bond acceptors (Lipinski definition) is 3. The summed E-state index contributed by atoms with van der Waals surface area (Å²) in [4.78, 5) is 12.0. The topological polar surface area (TPSA) is 75.3 Å². The third-order valence-electron chi connectivity index (χ3n) is 3.55. The quantitative estimate of drug-likeness (QED) is 0.798. The fourth-order valence-electron chi connectivity index (χ4n) is 2.25. The van der Waals surface area contributed by atoms with E-state index in [2.05, 4.69) is 10.0 Å². The number of benzene rings is 2. The summed E-state index contributed by atoms with van der Waals surface area (Å²) in [6.45, 7) is 3.94. The molecule has 25 heavy (non-hydrogen) atoms. The van der Waals surface area contributed by atoms with E-state index in [0.717, 1.165) is 27.8 Å². The van der Waals surface area contributed by atoms with Crippen molar-refractivity contribution < 1.29 is 13.2 Å². The van der Waals surface area contributed by atoms with E-state index >= 15 is 0 Å². The molecule has 0 saturated carbocycles. The summed E-state index contributed by atoms with van der Waals surface area (Å²) in [5.74, 6) is -0.235. The first-order chi connectivity index (χ1) is 11.9. The van der Waals surface area contributed by atoms with Crippen LogP contribution in [0.15, 0.2) is 53.9 Å². The van der Waals surface area contributed by atoms with Crippen molar-refractivity contribution in [2.45, 2.75) is 20.3 Å². The first-order valence-corrected chi connectivity index (χ1v) is 9.50. The Balaban J connectivity index is 1.82. The number of aryl methyl sites for hydroxylation is 2. The van der Waals surface area contributed by atoms with Crippen LogP contribution in [0, 0.1) is 13.8 Å². The number of sulfonamides is 1. The van der Waals surface area contributed by atoms with Gasteiger partial charge in [-0.2, -0.15) is 0 Å². The highest BCUT2D eigenvalue weighted by Crippen LogP contribution is 2.16. The minimum Gasteiger partial charge on any atom is -0.326 e. The second kappa shape index (κ2) is 8.60. The number of amides is 1. The van der Waals surface area contributed by atoms with Crippen molar-refractivity contribution in [3.05, 3.63) is 70.6 Å². The Bertz CT molecular complexity index is 859. The number of nitrogens with one attached hydrogen (secondary N) is 2. The molecule has 132 valence electrons. The molecule has 0 atom stereocenters. The number of carbonyl (C=O) groups excluding carboxylic acids is 1. The number of anilines is 1. The minimum absolute atomic E-state index is 0.0399. The van der Waals surface area contributed by atoms with Crippen LogP contribution in [0.2, 0.25) is 0 Å². The van der Waals surface area contributed by atoms with Gasteiger partial charge in [-0.15, -0.1) is 0 Å². The van der Waals surface area contributed by atoms with Crippen molar-refractivity contribution in [1.82, 2.24) is 4.72 Å². The van der Waals surface area contributed by atoms with E-state index in [4.69, 9.17) is 0 Å². The molecule has 0 fully saturated rings. The van der Waals surface area contributed by atoms with Gasteiger partial charge in [-0.1, -0.05) is 48.0 Å². The Labute approximate surface area is 148 Å². The lowest BCUT2D eigenvalue weighted by molar-refractivity contribution is -0.116. The molecule has 2 rings (SSSR count). The maximum Gasteiger partial charge on any atom is 0.233 e. The summed E-state index contributed by atoms with van der Waals surface area (Å²) in [5.41, 5.74) is 3.62. The molecule has 2 aromatic rings. The van der Waals surface area contributed by atoms with Gasteiger partial charge in [-0.3, -0.25) is 4.79 Å². The van der Waals surface area contributed by atoms with Crippen LogP contribution in [-0.2, 0) is 14.8 Å². The summed E-state index contributed by atoms with van der Waals surface area (Å²) >= 11 is 0. The van der Waals surface area contributed by atoms with Crippen LogP contribution in [0.4, 0.5) is 5.69 Å². The van der Waals surface area contributed by atoms with Crippen LogP contribution in [0.5, 0.6) is 0 Å². The monoisotopic (exact) mass is 358 g/mol. The zero-order valence-corrected chi connectivity index (χ0v) is 15.1. The largest absolute Gasteiger partial charge is 0.326 e. The Morgan fingerprint density at radius 2 is 1.80 bits per heavy atom. The SMILES string of the molecule is Cc1ccc(NC(=O)CCNS(=O)(=O)C=Cc2ccccc2)c(C)c1. The van der Waals surface area contributed by atoms with Crippen LogP contribution in [-0.4, -0.2) is 20.9 Å². The van der Waals surface area contributed by atoms with Gasteiger partial charge in [0.1, 0.15) is 0 Å². The third kappa shape index (κ3) is 6.52. The van der Waals surface area contributed by atoms with Gasteiger partial charge in [0.05, 0.1) is 0 Å². The molecule has 0 aliphatic carbocycles. The highest BCUT2D eigenvalue weighted by Gasteiger charge is 2.08. The number of rotatable bonds is 7. The van der Waals surface area contributed by atoms with Crippen molar-refractivity contribution in [3.63, 3.8) is 0 Å². The van der Waals surface area contributed by atoms with Crippen LogP contribution < -0.4 is 10.0 Å². The molecule has 0 spiro atoms. The van der Waals surface area contributed by atoms with Crippen LogP contribution >= 0.6 is 0 Å². The zero-order valence-electron chi connectivity index (χ0n) is 14.3. The van der Waals surface area contributed by atoms with Gasteiger partial charge in [0.2, 0.25) is 15.9 Å². The molecule has 0 heterocycles. The Morgan fingerprint density at radius 1 is 1.08 bits per heavy atom. The maximum absolute atomic E-state index is 12.0. The second-order valence-electron chi connectivity index (χ2n) is 5.77. The molecule has 0 bridgehead atoms. The molecule has 1 amide bonds. The molecule has 6 heteroatoms. The van der Waals surface area contributed by atoms with Crippen molar-refractivity contribution in [1.29, 1.82) is 0 Å². The zero-order chi connectivity index (χ0) is 18.3. The lowest BCUT2D eigenvalue weighted by atomic mass is 10.1. The summed E-state index contributed by atoms with van der Waals surface area (Å²) < 4.78 is 26.2. The van der Waals surface area contributed by atoms with Gasteiger partial charge < -0.3 is 5.32 Å². The predicted molar refractivity (Wildman–Crippen MR) is 102 cm³/mol. The summed E-state index contributed by atoms with van der Waals surface area (Å²) in [5, 5.41) is 3.89. The van der Waals surface area contributed by atoms with Gasteiger partial charge in [0, 0.05) is 24.1 Å². The highest BCUT2D eigenvalue weighted by molar-refractivity contribution is 7.92. The number of hydrogen-bond donors (Lipinski definition) is 2. The minimum atomic E-state index is -3.57. The van der Waals surface area contributed by atoms with Crippen molar-refractivity contribution in [2.24, 2.45) is 0 Å². The van der Waals surface area contributed by atoms with Crippen LogP contribution in [0.1, 0.15) is 23.1 Å². The summed E-state index contributed by atoms with van der Waals surface area (Å²) in [7, 11) is -3.57. The molecular formula is C19H22N2O3S. The first-order valence-electron chi connectivity index (χ1n) is 7.96. The summed E-state index contributed by atoms with van der Waals surface area (Å²) in [6, 6.07) is 14.9. The molecule has 0 aliphatic rings. The summed E-state index contributed by atoms with van der Waals surface area (Å²) in [6.07, 6.45) is 1.57. The van der Waals surface area contributed by atoms with Gasteiger partial charge in [-0.25, -0.2) is 13.1 Å². The second-order valence-corrected chi connectivity index (χ2v) is 7.42. The Hall–Kier alpha value is -2.44. The van der Waals surface area contributed by atoms with E-state index < -0.39 is 10.0 Å². The van der Waals surface area contributed by atoms with Gasteiger partial charge in [0.15, 0.2) is 0 Å². The van der Waals surface area contributed by atoms with Gasteiger partial charge in [0.25, 0.3) is 0 Å². The molecular weight excluding hydrogens is 336 g/mol. The van der Waals surface area contributed by atoms with E-state index in [1.54, 1.807) is 0 Å². The van der Waals surface area contributed by atoms with E-state index in [0.29, 0.717) is 0 Å². The molecule has 2 aromatic carbocycles. The van der Waals surface area contributed by atoms with E-state index in [-0.39, 0.29) is 18.9 Å². The standard InChI is InChI=1S/C19H22N2O3S/c1-15-8-9-18(16(2)14-15)21-19(22)10-12-20-25(23,24)13-11-17-6-4-3-5-7-17/h3-9,11,13-14,20H,10,12H2,1-2H3,(H,21,22). The fourth-order valence-corrected chi connectivity index (χ4v) is 3.07. The normalized spacial score (nSPS) is 11.6. The molecule has 0 aliphatic heterocycles. The van der Waals surface area contributed by atoms with Crippen molar-refractivity contribution >= 4 is 27.7 Å². The molecule has 0 radical (unpaired) electrons. The maximum atomic E-state index is 12.0. The van der Waals surface area contributed by atoms with Gasteiger partial charge in [-0.05, 0) is 37.1 Å². The van der Waals surface area contributed by atoms with Crippen LogP contribution in [0.3, 0.4) is 0 Å². The predicted octanol–water partition coefficient (Wildman–Crippen LogP) is 3.22.